The lowest BCUT2D eigenvalue weighted by atomic mass is 10.0. The van der Waals surface area contributed by atoms with Gasteiger partial charge in [0.05, 0.1) is 11.9 Å². The molecule has 202 valence electrons. The van der Waals surface area contributed by atoms with E-state index in [2.05, 4.69) is 5.32 Å². The van der Waals surface area contributed by atoms with Gasteiger partial charge in [0.1, 0.15) is 24.2 Å². The van der Waals surface area contributed by atoms with Crippen LogP contribution in [0.5, 0.6) is 0 Å². The van der Waals surface area contributed by atoms with Crippen LogP contribution in [0.1, 0.15) is 25.0 Å². The minimum Gasteiger partial charge on any atom is -0.352 e. The predicted octanol–water partition coefficient (Wildman–Crippen LogP) is 3.90. The van der Waals surface area contributed by atoms with Gasteiger partial charge in [-0.05, 0) is 61.4 Å². The monoisotopic (exact) mass is 543 g/mol. The number of benzene rings is 3. The summed E-state index contributed by atoms with van der Waals surface area (Å²) >= 11 is 0. The Hall–Kier alpha value is -3.79. The molecule has 38 heavy (non-hydrogen) atoms. The SMILES string of the molecule is CC(C)NC(=O)[C@H](Cc1ccccc1)N(Cc1ccc(F)cc1)C(=O)CN(c1ccc(F)cc1)S(C)(=O)=O. The molecule has 0 spiro atoms. The van der Waals surface area contributed by atoms with E-state index in [9.17, 15) is 26.8 Å². The quantitative estimate of drug-likeness (QED) is 0.398. The van der Waals surface area contributed by atoms with Gasteiger partial charge in [-0.25, -0.2) is 17.2 Å². The molecule has 0 aliphatic carbocycles. The zero-order valence-corrected chi connectivity index (χ0v) is 22.3. The number of nitrogens with zero attached hydrogens (tertiary/aromatic N) is 2. The molecule has 7 nitrogen and oxygen atoms in total. The molecule has 0 aromatic heterocycles. The van der Waals surface area contributed by atoms with Crippen LogP contribution in [-0.2, 0) is 32.6 Å². The van der Waals surface area contributed by atoms with E-state index >= 15 is 0 Å². The third-order valence-electron chi connectivity index (χ3n) is 5.76. The normalized spacial score (nSPS) is 12.2. The van der Waals surface area contributed by atoms with Gasteiger partial charge in [0.25, 0.3) is 0 Å². The van der Waals surface area contributed by atoms with Crippen molar-refractivity contribution in [3.8, 4) is 0 Å². The van der Waals surface area contributed by atoms with Gasteiger partial charge in [-0.3, -0.25) is 13.9 Å². The number of hydrogen-bond donors (Lipinski definition) is 1. The summed E-state index contributed by atoms with van der Waals surface area (Å²) in [4.78, 5) is 28.5. The summed E-state index contributed by atoms with van der Waals surface area (Å²) in [6.45, 7) is 2.90. The van der Waals surface area contributed by atoms with Crippen LogP contribution in [0, 0.1) is 11.6 Å². The smallest absolute Gasteiger partial charge is 0.244 e. The van der Waals surface area contributed by atoms with E-state index in [4.69, 9.17) is 0 Å². The van der Waals surface area contributed by atoms with Crippen LogP contribution in [0.2, 0.25) is 0 Å². The van der Waals surface area contributed by atoms with Crippen molar-refractivity contribution in [2.45, 2.75) is 38.9 Å². The van der Waals surface area contributed by atoms with Crippen molar-refractivity contribution in [3.63, 3.8) is 0 Å². The molecule has 0 radical (unpaired) electrons. The van der Waals surface area contributed by atoms with Crippen LogP contribution in [0.25, 0.3) is 0 Å². The summed E-state index contributed by atoms with van der Waals surface area (Å²) in [5.74, 6) is -2.07. The number of nitrogens with one attached hydrogen (secondary N) is 1. The van der Waals surface area contributed by atoms with Gasteiger partial charge in [0, 0.05) is 19.0 Å². The highest BCUT2D eigenvalue weighted by Gasteiger charge is 2.33. The molecule has 0 saturated heterocycles. The fourth-order valence-electron chi connectivity index (χ4n) is 3.94. The molecule has 3 aromatic rings. The molecular formula is C28H31F2N3O4S. The van der Waals surface area contributed by atoms with E-state index in [1.54, 1.807) is 13.8 Å². The van der Waals surface area contributed by atoms with Gasteiger partial charge < -0.3 is 10.2 Å². The molecule has 10 heteroatoms. The summed E-state index contributed by atoms with van der Waals surface area (Å²) in [5.41, 5.74) is 1.46. The van der Waals surface area contributed by atoms with Crippen molar-refractivity contribution in [3.05, 3.63) is 102 Å². The summed E-state index contributed by atoms with van der Waals surface area (Å²) < 4.78 is 53.2. The Balaban J connectivity index is 2.04. The zero-order chi connectivity index (χ0) is 27.9. The van der Waals surface area contributed by atoms with Crippen molar-refractivity contribution >= 4 is 27.5 Å². The van der Waals surface area contributed by atoms with E-state index in [-0.39, 0.29) is 24.7 Å². The molecular weight excluding hydrogens is 512 g/mol. The first-order valence-corrected chi connectivity index (χ1v) is 13.9. The minimum atomic E-state index is -3.95. The first-order chi connectivity index (χ1) is 17.9. The number of carbonyl (C=O) groups excluding carboxylic acids is 2. The Kier molecular flexibility index (Phi) is 9.57. The largest absolute Gasteiger partial charge is 0.352 e. The highest BCUT2D eigenvalue weighted by molar-refractivity contribution is 7.92. The van der Waals surface area contributed by atoms with Gasteiger partial charge in [-0.1, -0.05) is 42.5 Å². The average molecular weight is 544 g/mol. The van der Waals surface area contributed by atoms with Crippen LogP contribution < -0.4 is 9.62 Å². The number of carbonyl (C=O) groups is 2. The molecule has 0 aliphatic rings. The van der Waals surface area contributed by atoms with Crippen molar-refractivity contribution in [2.24, 2.45) is 0 Å². The second-order valence-electron chi connectivity index (χ2n) is 9.26. The second-order valence-corrected chi connectivity index (χ2v) is 11.2. The maximum Gasteiger partial charge on any atom is 0.244 e. The van der Waals surface area contributed by atoms with Crippen molar-refractivity contribution in [1.82, 2.24) is 10.2 Å². The summed E-state index contributed by atoms with van der Waals surface area (Å²) in [6.07, 6.45) is 1.11. The summed E-state index contributed by atoms with van der Waals surface area (Å²) in [5, 5.41) is 2.85. The Morgan fingerprint density at radius 1 is 0.842 bits per heavy atom. The van der Waals surface area contributed by atoms with Gasteiger partial charge in [0.15, 0.2) is 0 Å². The predicted molar refractivity (Wildman–Crippen MR) is 143 cm³/mol. The molecule has 0 bridgehead atoms. The lowest BCUT2D eigenvalue weighted by Crippen LogP contribution is -2.54. The summed E-state index contributed by atoms with van der Waals surface area (Å²) in [7, 11) is -3.95. The number of halogens is 2. The minimum absolute atomic E-state index is 0.0663. The zero-order valence-electron chi connectivity index (χ0n) is 21.5. The van der Waals surface area contributed by atoms with E-state index < -0.39 is 46.1 Å². The molecule has 1 N–H and O–H groups in total. The van der Waals surface area contributed by atoms with E-state index in [0.29, 0.717) is 5.56 Å². The van der Waals surface area contributed by atoms with Crippen LogP contribution in [0.15, 0.2) is 78.9 Å². The first-order valence-electron chi connectivity index (χ1n) is 12.1. The van der Waals surface area contributed by atoms with Gasteiger partial charge in [-0.15, -0.1) is 0 Å². The van der Waals surface area contributed by atoms with Crippen molar-refractivity contribution in [1.29, 1.82) is 0 Å². The van der Waals surface area contributed by atoms with Gasteiger partial charge >= 0.3 is 0 Å². The third-order valence-corrected chi connectivity index (χ3v) is 6.90. The Morgan fingerprint density at radius 3 is 1.92 bits per heavy atom. The van der Waals surface area contributed by atoms with Gasteiger partial charge in [0.2, 0.25) is 21.8 Å². The molecule has 3 aromatic carbocycles. The summed E-state index contributed by atoms with van der Waals surface area (Å²) in [6, 6.07) is 18.2. The van der Waals surface area contributed by atoms with Crippen molar-refractivity contribution < 1.29 is 26.8 Å². The van der Waals surface area contributed by atoms with E-state index in [1.165, 1.54) is 41.3 Å². The topological polar surface area (TPSA) is 86.8 Å². The number of amides is 2. The third kappa shape index (κ3) is 8.11. The fraction of sp³-hybridized carbons (Fsp3) is 0.286. The Morgan fingerprint density at radius 2 is 1.39 bits per heavy atom. The van der Waals surface area contributed by atoms with Crippen molar-refractivity contribution in [2.75, 3.05) is 17.1 Å². The van der Waals surface area contributed by atoms with Gasteiger partial charge in [-0.2, -0.15) is 0 Å². The van der Waals surface area contributed by atoms with E-state index in [1.807, 2.05) is 30.3 Å². The standard InChI is InChI=1S/C28H31F2N3O4S/c1-20(2)31-28(35)26(17-21-7-5-4-6-8-21)32(18-22-9-11-23(29)12-10-22)27(34)19-33(38(3,36)37)25-15-13-24(30)14-16-25/h4-16,20,26H,17-19H2,1-3H3,(H,31,35)/t26-/m0/s1. The number of anilines is 1. The lowest BCUT2D eigenvalue weighted by Gasteiger charge is -2.34. The van der Waals surface area contributed by atoms with Crippen LogP contribution in [0.4, 0.5) is 14.5 Å². The molecule has 0 saturated carbocycles. The number of rotatable bonds is 11. The Bertz CT molecular complexity index is 1330. The van der Waals surface area contributed by atoms with E-state index in [0.717, 1.165) is 28.3 Å². The van der Waals surface area contributed by atoms with Crippen LogP contribution in [-0.4, -0.2) is 50.0 Å². The highest BCUT2D eigenvalue weighted by atomic mass is 32.2. The number of hydrogen-bond acceptors (Lipinski definition) is 4. The Labute approximate surface area is 222 Å². The fourth-order valence-corrected chi connectivity index (χ4v) is 4.79. The highest BCUT2D eigenvalue weighted by Crippen LogP contribution is 2.21. The molecule has 0 aliphatic heterocycles. The van der Waals surface area contributed by atoms with Crippen LogP contribution in [0.3, 0.4) is 0 Å². The molecule has 0 fully saturated rings. The van der Waals surface area contributed by atoms with Crippen LogP contribution >= 0.6 is 0 Å². The average Bonchev–Trinajstić information content (AvgIpc) is 2.86. The molecule has 0 unspecified atom stereocenters. The maximum absolute atomic E-state index is 13.8. The molecule has 1 atom stereocenters. The molecule has 0 heterocycles. The second kappa shape index (κ2) is 12.6. The molecule has 3 rings (SSSR count). The number of sulfonamides is 1. The maximum atomic E-state index is 13.8. The molecule has 2 amide bonds. The first kappa shape index (κ1) is 28.8. The lowest BCUT2D eigenvalue weighted by molar-refractivity contribution is -0.140.